The van der Waals surface area contributed by atoms with Gasteiger partial charge in [0.2, 0.25) is 5.91 Å². The maximum Gasteiger partial charge on any atom is 0.232 e. The van der Waals surface area contributed by atoms with E-state index in [4.69, 9.17) is 4.52 Å². The fourth-order valence-electron chi connectivity index (χ4n) is 3.40. The van der Waals surface area contributed by atoms with Gasteiger partial charge in [-0.2, -0.15) is 0 Å². The van der Waals surface area contributed by atoms with Crippen LogP contribution in [0.1, 0.15) is 50.6 Å². The zero-order valence-corrected chi connectivity index (χ0v) is 14.5. The number of hydrogen-bond donors (Lipinski definition) is 1. The molecule has 0 aliphatic heterocycles. The van der Waals surface area contributed by atoms with Crippen molar-refractivity contribution in [2.75, 3.05) is 6.54 Å². The molecule has 5 heteroatoms. The van der Waals surface area contributed by atoms with Crippen molar-refractivity contribution in [2.24, 2.45) is 0 Å². The van der Waals surface area contributed by atoms with Gasteiger partial charge in [0.25, 0.3) is 0 Å². The molecule has 1 amide bonds. The van der Waals surface area contributed by atoms with E-state index in [1.54, 1.807) is 11.3 Å². The van der Waals surface area contributed by atoms with Crippen LogP contribution < -0.4 is 5.32 Å². The molecular weight excluding hydrogens is 320 g/mol. The predicted octanol–water partition coefficient (Wildman–Crippen LogP) is 4.44. The Hall–Kier alpha value is -1.88. The predicted molar refractivity (Wildman–Crippen MR) is 94.9 cm³/mol. The monoisotopic (exact) mass is 342 g/mol. The fourth-order valence-corrected chi connectivity index (χ4v) is 4.07. The minimum atomic E-state index is -0.458. The molecule has 0 aromatic carbocycles. The van der Waals surface area contributed by atoms with Crippen LogP contribution in [0.5, 0.6) is 0 Å². The van der Waals surface area contributed by atoms with Crippen molar-refractivity contribution in [1.29, 1.82) is 0 Å². The van der Waals surface area contributed by atoms with Crippen LogP contribution in [-0.2, 0) is 10.2 Å². The molecule has 2 aromatic rings. The van der Waals surface area contributed by atoms with Crippen LogP contribution in [-0.4, -0.2) is 17.6 Å². The average Bonchev–Trinajstić information content (AvgIpc) is 3.02. The average molecular weight is 342 g/mol. The van der Waals surface area contributed by atoms with Crippen LogP contribution in [0.3, 0.4) is 0 Å². The van der Waals surface area contributed by atoms with Gasteiger partial charge in [-0.15, -0.1) is 11.3 Å². The lowest BCUT2D eigenvalue weighted by Gasteiger charge is -2.15. The van der Waals surface area contributed by atoms with E-state index >= 15 is 0 Å². The van der Waals surface area contributed by atoms with E-state index in [2.05, 4.69) is 16.5 Å². The quantitative estimate of drug-likeness (QED) is 0.790. The number of hydrogen-bond acceptors (Lipinski definition) is 4. The normalized spacial score (nSPS) is 18.9. The van der Waals surface area contributed by atoms with Gasteiger partial charge in [0.05, 0.1) is 16.0 Å². The fraction of sp³-hybridized carbons (Fsp3) is 0.474. The SMILES string of the molecule is O=C(NCCC1=CCCCC1)C1(c2cc(-c3cccs3)on2)CC1. The highest BCUT2D eigenvalue weighted by atomic mass is 32.1. The summed E-state index contributed by atoms with van der Waals surface area (Å²) in [5, 5.41) is 9.31. The second-order valence-corrected chi connectivity index (χ2v) is 7.70. The summed E-state index contributed by atoms with van der Waals surface area (Å²) in [5.41, 5.74) is 1.81. The van der Waals surface area contributed by atoms with E-state index in [0.717, 1.165) is 42.1 Å². The molecule has 1 saturated carbocycles. The van der Waals surface area contributed by atoms with Gasteiger partial charge in [-0.1, -0.05) is 22.9 Å². The van der Waals surface area contributed by atoms with E-state index in [1.165, 1.54) is 31.3 Å². The summed E-state index contributed by atoms with van der Waals surface area (Å²) in [6.45, 7) is 0.724. The Labute approximate surface area is 145 Å². The molecule has 0 atom stereocenters. The highest BCUT2D eigenvalue weighted by Crippen LogP contribution is 2.48. The van der Waals surface area contributed by atoms with E-state index in [1.807, 2.05) is 23.6 Å². The highest BCUT2D eigenvalue weighted by molar-refractivity contribution is 7.13. The van der Waals surface area contributed by atoms with Gasteiger partial charge >= 0.3 is 0 Å². The smallest absolute Gasteiger partial charge is 0.232 e. The lowest BCUT2D eigenvalue weighted by atomic mass is 9.97. The van der Waals surface area contributed by atoms with Gasteiger partial charge in [-0.25, -0.2) is 0 Å². The molecule has 2 aliphatic rings. The highest BCUT2D eigenvalue weighted by Gasteiger charge is 2.53. The Balaban J connectivity index is 1.38. The van der Waals surface area contributed by atoms with Crippen molar-refractivity contribution in [3.63, 3.8) is 0 Å². The van der Waals surface area contributed by atoms with Crippen LogP contribution in [0, 0.1) is 0 Å². The lowest BCUT2D eigenvalue weighted by molar-refractivity contribution is -0.123. The van der Waals surface area contributed by atoms with Gasteiger partial charge in [-0.05, 0) is 56.4 Å². The Bertz CT molecular complexity index is 741. The molecule has 0 spiro atoms. The topological polar surface area (TPSA) is 55.1 Å². The minimum Gasteiger partial charge on any atom is -0.355 e. The molecule has 2 aromatic heterocycles. The molecule has 4 rings (SSSR count). The lowest BCUT2D eigenvalue weighted by Crippen LogP contribution is -2.35. The standard InChI is InChI=1S/C19H22N2O2S/c22-18(20-11-8-14-5-2-1-3-6-14)19(9-10-19)17-13-15(23-21-17)16-7-4-12-24-16/h4-5,7,12-13H,1-3,6,8-11H2,(H,20,22). The zero-order chi connectivity index (χ0) is 16.4. The maximum atomic E-state index is 12.7. The molecular formula is C19H22N2O2S. The van der Waals surface area contributed by atoms with Gasteiger partial charge in [0.1, 0.15) is 0 Å². The molecule has 2 aliphatic carbocycles. The number of amides is 1. The molecule has 126 valence electrons. The van der Waals surface area contributed by atoms with Gasteiger partial charge in [-0.3, -0.25) is 4.79 Å². The first-order chi connectivity index (χ1) is 11.8. The number of allylic oxidation sites excluding steroid dienone is 1. The number of rotatable bonds is 6. The molecule has 0 unspecified atom stereocenters. The third-order valence-electron chi connectivity index (χ3n) is 5.07. The zero-order valence-electron chi connectivity index (χ0n) is 13.7. The van der Waals surface area contributed by atoms with Gasteiger partial charge < -0.3 is 9.84 Å². The second-order valence-electron chi connectivity index (χ2n) is 6.75. The molecule has 24 heavy (non-hydrogen) atoms. The summed E-state index contributed by atoms with van der Waals surface area (Å²) in [7, 11) is 0. The van der Waals surface area contributed by atoms with Crippen molar-refractivity contribution in [3.8, 4) is 10.6 Å². The molecule has 0 radical (unpaired) electrons. The molecule has 4 nitrogen and oxygen atoms in total. The Kier molecular flexibility index (Phi) is 4.27. The van der Waals surface area contributed by atoms with Crippen molar-refractivity contribution in [2.45, 2.75) is 50.4 Å². The molecule has 0 bridgehead atoms. The van der Waals surface area contributed by atoms with Crippen LogP contribution >= 0.6 is 11.3 Å². The second kappa shape index (κ2) is 6.55. The number of nitrogens with one attached hydrogen (secondary N) is 1. The van der Waals surface area contributed by atoms with Crippen molar-refractivity contribution in [1.82, 2.24) is 10.5 Å². The van der Waals surface area contributed by atoms with E-state index in [-0.39, 0.29) is 5.91 Å². The summed E-state index contributed by atoms with van der Waals surface area (Å²) in [6, 6.07) is 5.93. The first-order valence-electron chi connectivity index (χ1n) is 8.75. The number of thiophene rings is 1. The molecule has 1 N–H and O–H groups in total. The maximum absolute atomic E-state index is 12.7. The Morgan fingerprint density at radius 3 is 3.00 bits per heavy atom. The number of carbonyl (C=O) groups is 1. The third kappa shape index (κ3) is 3.05. The van der Waals surface area contributed by atoms with Crippen LogP contribution in [0.2, 0.25) is 0 Å². The molecule has 2 heterocycles. The number of aromatic nitrogens is 1. The summed E-state index contributed by atoms with van der Waals surface area (Å²) in [4.78, 5) is 13.7. The molecule has 1 fully saturated rings. The number of carbonyl (C=O) groups excluding carboxylic acids is 1. The van der Waals surface area contributed by atoms with Crippen LogP contribution in [0.4, 0.5) is 0 Å². The first kappa shape index (κ1) is 15.6. The Morgan fingerprint density at radius 2 is 2.29 bits per heavy atom. The van der Waals surface area contributed by atoms with Crippen LogP contribution in [0.25, 0.3) is 10.6 Å². The van der Waals surface area contributed by atoms with Gasteiger partial charge in [0.15, 0.2) is 5.76 Å². The summed E-state index contributed by atoms with van der Waals surface area (Å²) < 4.78 is 5.46. The first-order valence-corrected chi connectivity index (χ1v) is 9.63. The largest absolute Gasteiger partial charge is 0.355 e. The van der Waals surface area contributed by atoms with Crippen LogP contribution in [0.15, 0.2) is 39.8 Å². The molecule has 0 saturated heterocycles. The Morgan fingerprint density at radius 1 is 1.38 bits per heavy atom. The van der Waals surface area contributed by atoms with Crippen molar-refractivity contribution in [3.05, 3.63) is 40.9 Å². The van der Waals surface area contributed by atoms with E-state index in [0.29, 0.717) is 0 Å². The summed E-state index contributed by atoms with van der Waals surface area (Å²) in [6.07, 6.45) is 10.0. The van der Waals surface area contributed by atoms with E-state index < -0.39 is 5.41 Å². The third-order valence-corrected chi connectivity index (χ3v) is 5.95. The minimum absolute atomic E-state index is 0.102. The summed E-state index contributed by atoms with van der Waals surface area (Å²) >= 11 is 1.62. The van der Waals surface area contributed by atoms with Crippen molar-refractivity contribution < 1.29 is 9.32 Å². The van der Waals surface area contributed by atoms with E-state index in [9.17, 15) is 4.79 Å². The van der Waals surface area contributed by atoms with Crippen molar-refractivity contribution >= 4 is 17.2 Å². The van der Waals surface area contributed by atoms with Gasteiger partial charge in [0, 0.05) is 12.6 Å². The summed E-state index contributed by atoms with van der Waals surface area (Å²) in [5.74, 6) is 0.858. The number of nitrogens with zero attached hydrogens (tertiary/aromatic N) is 1.